The van der Waals surface area contributed by atoms with Crippen LogP contribution in [0.1, 0.15) is 37.7 Å². The second-order valence-electron chi connectivity index (χ2n) is 4.74. The molecule has 0 spiro atoms. The van der Waals surface area contributed by atoms with Crippen LogP contribution in [0.3, 0.4) is 0 Å². The first-order valence-corrected chi connectivity index (χ1v) is 6.65. The van der Waals surface area contributed by atoms with Crippen LogP contribution in [0.2, 0.25) is 0 Å². The van der Waals surface area contributed by atoms with Crippen LogP contribution < -0.4 is 5.32 Å². The first kappa shape index (κ1) is 14.6. The first-order valence-electron chi connectivity index (χ1n) is 6.65. The van der Waals surface area contributed by atoms with Crippen LogP contribution in [0.5, 0.6) is 0 Å². The van der Waals surface area contributed by atoms with Gasteiger partial charge in [-0.3, -0.25) is 0 Å². The van der Waals surface area contributed by atoms with Gasteiger partial charge < -0.3 is 5.32 Å². The second kappa shape index (κ2) is 6.09. The van der Waals surface area contributed by atoms with Gasteiger partial charge in [-0.25, -0.2) is 13.5 Å². The third-order valence-corrected chi connectivity index (χ3v) is 3.18. The maximum atomic E-state index is 13.8. The van der Waals surface area contributed by atoms with E-state index in [0.717, 1.165) is 36.9 Å². The van der Waals surface area contributed by atoms with Gasteiger partial charge in [-0.2, -0.15) is 0 Å². The fourth-order valence-electron chi connectivity index (χ4n) is 2.08. The molecule has 20 heavy (non-hydrogen) atoms. The standard InChI is InChI=1S/C14H18F2N4/c1-4-7-17-9(2)14-10(3)20(19-18-14)13-8-11(15)5-6-12(13)16/h5-6,8-9,17H,4,7H2,1-3H3. The van der Waals surface area contributed by atoms with Crippen LogP contribution in [0, 0.1) is 18.6 Å². The number of hydrogen-bond donors (Lipinski definition) is 1. The molecule has 0 bridgehead atoms. The maximum Gasteiger partial charge on any atom is 0.149 e. The lowest BCUT2D eigenvalue weighted by Crippen LogP contribution is -2.20. The van der Waals surface area contributed by atoms with E-state index in [-0.39, 0.29) is 11.7 Å². The summed E-state index contributed by atoms with van der Waals surface area (Å²) in [5.41, 5.74) is 1.51. The summed E-state index contributed by atoms with van der Waals surface area (Å²) in [6.07, 6.45) is 1.01. The molecule has 0 amide bonds. The predicted molar refractivity (Wildman–Crippen MR) is 72.7 cm³/mol. The highest BCUT2D eigenvalue weighted by Crippen LogP contribution is 2.20. The molecule has 4 nitrogen and oxygen atoms in total. The number of rotatable bonds is 5. The summed E-state index contributed by atoms with van der Waals surface area (Å²) in [6.45, 7) is 6.70. The number of nitrogens with zero attached hydrogens (tertiary/aromatic N) is 3. The van der Waals surface area contributed by atoms with E-state index in [4.69, 9.17) is 0 Å². The Morgan fingerprint density at radius 2 is 2.10 bits per heavy atom. The average molecular weight is 280 g/mol. The average Bonchev–Trinajstić information content (AvgIpc) is 2.80. The molecule has 0 radical (unpaired) electrons. The molecule has 1 unspecified atom stereocenters. The van der Waals surface area contributed by atoms with Gasteiger partial charge in [0.1, 0.15) is 23.0 Å². The van der Waals surface area contributed by atoms with Crippen molar-refractivity contribution in [2.24, 2.45) is 0 Å². The highest BCUT2D eigenvalue weighted by molar-refractivity contribution is 5.35. The molecule has 1 heterocycles. The van der Waals surface area contributed by atoms with Crippen molar-refractivity contribution in [3.05, 3.63) is 41.2 Å². The molecule has 1 aromatic heterocycles. The Morgan fingerprint density at radius 1 is 1.35 bits per heavy atom. The minimum absolute atomic E-state index is 0.0142. The molecular weight excluding hydrogens is 262 g/mol. The van der Waals surface area contributed by atoms with Crippen molar-refractivity contribution >= 4 is 0 Å². The molecular formula is C14H18F2N4. The molecule has 0 aliphatic rings. The molecule has 6 heteroatoms. The Bertz CT molecular complexity index is 595. The van der Waals surface area contributed by atoms with Crippen LogP contribution in [0.4, 0.5) is 8.78 Å². The lowest BCUT2D eigenvalue weighted by atomic mass is 10.2. The highest BCUT2D eigenvalue weighted by atomic mass is 19.1. The Morgan fingerprint density at radius 3 is 2.80 bits per heavy atom. The molecule has 1 atom stereocenters. The largest absolute Gasteiger partial charge is 0.309 e. The van der Waals surface area contributed by atoms with Crippen LogP contribution in [0.25, 0.3) is 5.69 Å². The van der Waals surface area contributed by atoms with Crippen molar-refractivity contribution in [2.75, 3.05) is 6.54 Å². The van der Waals surface area contributed by atoms with E-state index in [1.807, 2.05) is 6.92 Å². The summed E-state index contributed by atoms with van der Waals surface area (Å²) in [4.78, 5) is 0. The summed E-state index contributed by atoms with van der Waals surface area (Å²) >= 11 is 0. The number of nitrogens with one attached hydrogen (secondary N) is 1. The molecule has 0 fully saturated rings. The van der Waals surface area contributed by atoms with Gasteiger partial charge in [-0.1, -0.05) is 12.1 Å². The topological polar surface area (TPSA) is 42.7 Å². The fourth-order valence-corrected chi connectivity index (χ4v) is 2.08. The maximum absolute atomic E-state index is 13.8. The monoisotopic (exact) mass is 280 g/mol. The van der Waals surface area contributed by atoms with E-state index in [1.165, 1.54) is 4.68 Å². The van der Waals surface area contributed by atoms with E-state index in [1.54, 1.807) is 6.92 Å². The zero-order valence-corrected chi connectivity index (χ0v) is 11.8. The molecule has 108 valence electrons. The lowest BCUT2D eigenvalue weighted by molar-refractivity contribution is 0.555. The highest BCUT2D eigenvalue weighted by Gasteiger charge is 2.17. The molecule has 2 rings (SSSR count). The molecule has 2 aromatic rings. The third-order valence-electron chi connectivity index (χ3n) is 3.18. The first-order chi connectivity index (χ1) is 9.54. The number of halogens is 2. The lowest BCUT2D eigenvalue weighted by Gasteiger charge is -2.11. The van der Waals surface area contributed by atoms with E-state index in [0.29, 0.717) is 5.69 Å². The van der Waals surface area contributed by atoms with Crippen molar-refractivity contribution in [3.63, 3.8) is 0 Å². The van der Waals surface area contributed by atoms with E-state index < -0.39 is 11.6 Å². The van der Waals surface area contributed by atoms with Crippen molar-refractivity contribution in [3.8, 4) is 5.69 Å². The van der Waals surface area contributed by atoms with Crippen LogP contribution in [-0.2, 0) is 0 Å². The van der Waals surface area contributed by atoms with Crippen LogP contribution >= 0.6 is 0 Å². The summed E-state index contributed by atoms with van der Waals surface area (Å²) in [6, 6.07) is 3.30. The van der Waals surface area contributed by atoms with Gasteiger partial charge in [0.15, 0.2) is 0 Å². The smallest absolute Gasteiger partial charge is 0.149 e. The molecule has 0 saturated heterocycles. The molecule has 0 aliphatic carbocycles. The third kappa shape index (κ3) is 2.85. The Hall–Kier alpha value is -1.82. The van der Waals surface area contributed by atoms with Crippen molar-refractivity contribution in [2.45, 2.75) is 33.2 Å². The van der Waals surface area contributed by atoms with Gasteiger partial charge in [-0.05, 0) is 38.9 Å². The second-order valence-corrected chi connectivity index (χ2v) is 4.74. The van der Waals surface area contributed by atoms with Crippen molar-refractivity contribution < 1.29 is 8.78 Å². The van der Waals surface area contributed by atoms with E-state index in [2.05, 4.69) is 22.6 Å². The van der Waals surface area contributed by atoms with Gasteiger partial charge in [0.2, 0.25) is 0 Å². The normalized spacial score (nSPS) is 12.7. The van der Waals surface area contributed by atoms with Crippen LogP contribution in [-0.4, -0.2) is 21.5 Å². The zero-order chi connectivity index (χ0) is 14.7. The van der Waals surface area contributed by atoms with Gasteiger partial charge in [0.25, 0.3) is 0 Å². The summed E-state index contributed by atoms with van der Waals surface area (Å²) in [5, 5.41) is 11.3. The van der Waals surface area contributed by atoms with Gasteiger partial charge >= 0.3 is 0 Å². The molecule has 1 N–H and O–H groups in total. The minimum Gasteiger partial charge on any atom is -0.309 e. The van der Waals surface area contributed by atoms with Gasteiger partial charge in [-0.15, -0.1) is 5.10 Å². The summed E-state index contributed by atoms with van der Waals surface area (Å²) < 4.78 is 28.4. The fraction of sp³-hybridized carbons (Fsp3) is 0.429. The molecule has 0 saturated carbocycles. The quantitative estimate of drug-likeness (QED) is 0.915. The summed E-state index contributed by atoms with van der Waals surface area (Å²) in [7, 11) is 0. The predicted octanol–water partition coefficient (Wildman–Crippen LogP) is 2.91. The van der Waals surface area contributed by atoms with E-state index >= 15 is 0 Å². The number of benzene rings is 1. The number of hydrogen-bond acceptors (Lipinski definition) is 3. The van der Waals surface area contributed by atoms with Crippen LogP contribution in [0.15, 0.2) is 18.2 Å². The number of aromatic nitrogens is 3. The SMILES string of the molecule is CCCNC(C)c1nnn(-c2cc(F)ccc2F)c1C. The minimum atomic E-state index is -0.528. The summed E-state index contributed by atoms with van der Waals surface area (Å²) in [5.74, 6) is -1.03. The Labute approximate surface area is 116 Å². The molecule has 0 aliphatic heterocycles. The van der Waals surface area contributed by atoms with Crippen molar-refractivity contribution in [1.29, 1.82) is 0 Å². The van der Waals surface area contributed by atoms with Gasteiger partial charge in [0.05, 0.1) is 11.7 Å². The van der Waals surface area contributed by atoms with Crippen molar-refractivity contribution in [1.82, 2.24) is 20.3 Å². The zero-order valence-electron chi connectivity index (χ0n) is 11.8. The molecule has 1 aromatic carbocycles. The van der Waals surface area contributed by atoms with E-state index in [9.17, 15) is 8.78 Å². The Kier molecular flexibility index (Phi) is 4.44. The van der Waals surface area contributed by atoms with Gasteiger partial charge in [0, 0.05) is 6.07 Å². The Balaban J connectivity index is 2.35.